The number of carboxylic acid groups (broad SMARTS) is 1. The van der Waals surface area contributed by atoms with E-state index in [0.29, 0.717) is 6.42 Å². The van der Waals surface area contributed by atoms with Crippen LogP contribution in [0.4, 0.5) is 17.1 Å². The number of carboxylic acids is 1. The molecule has 0 aromatic heterocycles. The number of nitrogens with one attached hydrogen (secondary N) is 3. The number of aliphatic carboxylic acids is 1. The molecule has 0 heterocycles. The molecule has 0 spiro atoms. The van der Waals surface area contributed by atoms with Gasteiger partial charge in [0.2, 0.25) is 0 Å². The number of anilines is 3. The molecule has 160 valence electrons. The predicted molar refractivity (Wildman–Crippen MR) is 116 cm³/mol. The Balaban J connectivity index is 1.85. The van der Waals surface area contributed by atoms with E-state index in [0.717, 1.165) is 5.56 Å². The molecular weight excluding hydrogens is 402 g/mol. The number of hydrogen-bond acceptors (Lipinski definition) is 7. The highest BCUT2D eigenvalue weighted by Gasteiger charge is 2.25. The minimum atomic E-state index is -1.23. The fourth-order valence-electron chi connectivity index (χ4n) is 3.14. The van der Waals surface area contributed by atoms with E-state index in [4.69, 9.17) is 5.11 Å². The van der Waals surface area contributed by atoms with Crippen LogP contribution in [0.1, 0.15) is 35.3 Å². The van der Waals surface area contributed by atoms with Crippen LogP contribution >= 0.6 is 0 Å². The highest BCUT2D eigenvalue weighted by atomic mass is 16.4. The van der Waals surface area contributed by atoms with Gasteiger partial charge in [0.25, 0.3) is 16.8 Å². The van der Waals surface area contributed by atoms with Crippen LogP contribution in [0.25, 0.3) is 0 Å². The average molecular weight is 423 g/mol. The molecule has 5 N–H and O–H groups in total. The Hall–Kier alpha value is -4.14. The van der Waals surface area contributed by atoms with Crippen molar-refractivity contribution >= 4 is 28.9 Å². The molecule has 31 heavy (non-hydrogen) atoms. The summed E-state index contributed by atoms with van der Waals surface area (Å²) in [6.07, 6.45) is 0.659. The monoisotopic (exact) mass is 423 g/mol. The maximum atomic E-state index is 12.2. The maximum Gasteiger partial charge on any atom is 0.322 e. The summed E-state index contributed by atoms with van der Waals surface area (Å²) in [5.41, 5.74) is -0.527. The molecular formula is C22H21N3O6. The number of para-hydroxylation sites is 1. The van der Waals surface area contributed by atoms with Crippen LogP contribution in [0.2, 0.25) is 0 Å². The summed E-state index contributed by atoms with van der Waals surface area (Å²) >= 11 is 0. The minimum Gasteiger partial charge on any atom is -0.505 e. The topological polar surface area (TPSA) is 145 Å². The first-order valence-electron chi connectivity index (χ1n) is 9.57. The first-order valence-corrected chi connectivity index (χ1v) is 9.57. The van der Waals surface area contributed by atoms with Crippen LogP contribution in [0, 0.1) is 0 Å². The zero-order chi connectivity index (χ0) is 22.5. The minimum absolute atomic E-state index is 0.0159. The lowest BCUT2D eigenvalue weighted by Crippen LogP contribution is -2.37. The van der Waals surface area contributed by atoms with Gasteiger partial charge in [-0.3, -0.25) is 19.2 Å². The van der Waals surface area contributed by atoms with Gasteiger partial charge >= 0.3 is 5.97 Å². The Morgan fingerprint density at radius 3 is 2.29 bits per heavy atom. The molecule has 0 saturated carbocycles. The van der Waals surface area contributed by atoms with Crippen LogP contribution < -0.4 is 26.8 Å². The summed E-state index contributed by atoms with van der Waals surface area (Å²) in [5, 5.41) is 27.1. The normalized spacial score (nSPS) is 11.6. The molecule has 0 radical (unpaired) electrons. The molecule has 1 atom stereocenters. The quantitative estimate of drug-likeness (QED) is 0.260. The van der Waals surface area contributed by atoms with Crippen LogP contribution in [0.3, 0.4) is 0 Å². The molecule has 9 nitrogen and oxygen atoms in total. The second-order valence-corrected chi connectivity index (χ2v) is 6.83. The van der Waals surface area contributed by atoms with Gasteiger partial charge in [-0.2, -0.15) is 0 Å². The van der Waals surface area contributed by atoms with Crippen LogP contribution in [-0.2, 0) is 4.79 Å². The van der Waals surface area contributed by atoms with Crippen LogP contribution in [-0.4, -0.2) is 28.6 Å². The summed E-state index contributed by atoms with van der Waals surface area (Å²) < 4.78 is 0. The number of rotatable bonds is 9. The van der Waals surface area contributed by atoms with Crippen molar-refractivity contribution in [2.75, 3.05) is 17.2 Å². The molecule has 0 fully saturated rings. The Bertz CT molecular complexity index is 1180. The number of phenolic OH excluding ortho intramolecular Hbond substituents is 1. The number of hydrogen-bond donors (Lipinski definition) is 5. The number of benzene rings is 2. The fourth-order valence-corrected chi connectivity index (χ4v) is 3.14. The van der Waals surface area contributed by atoms with Gasteiger partial charge in [-0.1, -0.05) is 43.3 Å². The van der Waals surface area contributed by atoms with Gasteiger partial charge in [-0.25, -0.2) is 0 Å². The molecule has 1 amide bonds. The second-order valence-electron chi connectivity index (χ2n) is 6.83. The Kier molecular flexibility index (Phi) is 6.35. The molecule has 0 aliphatic heterocycles. The summed E-state index contributed by atoms with van der Waals surface area (Å²) in [7, 11) is 0. The largest absolute Gasteiger partial charge is 0.505 e. The van der Waals surface area contributed by atoms with E-state index >= 15 is 0 Å². The number of carbonyl (C=O) groups is 2. The molecule has 0 aliphatic rings. The smallest absolute Gasteiger partial charge is 0.322 e. The summed E-state index contributed by atoms with van der Waals surface area (Å²) in [4.78, 5) is 47.0. The van der Waals surface area contributed by atoms with Gasteiger partial charge in [0.15, 0.2) is 5.75 Å². The van der Waals surface area contributed by atoms with Crippen molar-refractivity contribution in [2.24, 2.45) is 0 Å². The van der Waals surface area contributed by atoms with Crippen molar-refractivity contribution in [3.8, 4) is 5.75 Å². The Morgan fingerprint density at radius 2 is 1.65 bits per heavy atom. The van der Waals surface area contributed by atoms with Crippen molar-refractivity contribution in [3.63, 3.8) is 0 Å². The third kappa shape index (κ3) is 4.55. The van der Waals surface area contributed by atoms with Crippen molar-refractivity contribution in [2.45, 2.75) is 19.4 Å². The summed E-state index contributed by atoms with van der Waals surface area (Å²) in [5.74, 6) is -2.49. The Morgan fingerprint density at radius 1 is 0.968 bits per heavy atom. The zero-order valence-corrected chi connectivity index (χ0v) is 16.6. The zero-order valence-electron chi connectivity index (χ0n) is 16.6. The van der Waals surface area contributed by atoms with Crippen molar-refractivity contribution < 1.29 is 19.8 Å². The van der Waals surface area contributed by atoms with Crippen molar-refractivity contribution in [1.29, 1.82) is 0 Å². The van der Waals surface area contributed by atoms with Gasteiger partial charge < -0.3 is 26.2 Å². The molecule has 3 aromatic carbocycles. The maximum absolute atomic E-state index is 12.2. The predicted octanol–water partition coefficient (Wildman–Crippen LogP) is 2.11. The van der Waals surface area contributed by atoms with Crippen molar-refractivity contribution in [3.05, 3.63) is 80.1 Å². The number of phenols is 1. The average Bonchev–Trinajstić information content (AvgIpc) is 2.78. The Labute approximate surface area is 177 Å². The fraction of sp³-hybridized carbons (Fsp3) is 0.182. The standard InChI is InChI=1S/C22H21N3O6/c1-2-14(12-7-4-3-5-8-12)24-17-18(21(30)20(17)29)25-15-10-6-9-13(19(15)28)22(31)23-11-16(26)27/h3-10,14,24-25,28H,2,11H2,1H3,(H,23,31)(H,26,27)/t14-/m1/s1. The lowest BCUT2D eigenvalue weighted by Gasteiger charge is -2.22. The van der Waals surface area contributed by atoms with Gasteiger partial charge in [0, 0.05) is 0 Å². The second kappa shape index (κ2) is 9.12. The van der Waals surface area contributed by atoms with E-state index < -0.39 is 35.0 Å². The van der Waals surface area contributed by atoms with E-state index in [9.17, 15) is 24.3 Å². The molecule has 3 rings (SSSR count). The van der Waals surface area contributed by atoms with Gasteiger partial charge in [-0.15, -0.1) is 0 Å². The van der Waals surface area contributed by atoms with Crippen molar-refractivity contribution in [1.82, 2.24) is 5.32 Å². The number of aromatic hydroxyl groups is 1. The lowest BCUT2D eigenvalue weighted by atomic mass is 10.0. The molecule has 0 unspecified atom stereocenters. The molecule has 0 bridgehead atoms. The van der Waals surface area contributed by atoms with E-state index in [2.05, 4.69) is 16.0 Å². The van der Waals surface area contributed by atoms with E-state index in [-0.39, 0.29) is 28.7 Å². The highest BCUT2D eigenvalue weighted by molar-refractivity contribution is 6.00. The third-order valence-electron chi connectivity index (χ3n) is 4.78. The summed E-state index contributed by atoms with van der Waals surface area (Å²) in [6.45, 7) is 1.33. The van der Waals surface area contributed by atoms with Gasteiger partial charge in [0.05, 0.1) is 17.3 Å². The molecule has 9 heteroatoms. The van der Waals surface area contributed by atoms with Crippen LogP contribution in [0.5, 0.6) is 5.75 Å². The number of amides is 1. The van der Waals surface area contributed by atoms with Gasteiger partial charge in [0.1, 0.15) is 17.9 Å². The van der Waals surface area contributed by atoms with E-state index in [1.54, 1.807) is 0 Å². The third-order valence-corrected chi connectivity index (χ3v) is 4.78. The SMILES string of the molecule is CC[C@@H](Nc1c(Nc2cccc(C(=O)NCC(=O)O)c2O)c(=O)c1=O)c1ccccc1. The van der Waals surface area contributed by atoms with E-state index in [1.165, 1.54) is 18.2 Å². The van der Waals surface area contributed by atoms with Gasteiger partial charge in [-0.05, 0) is 24.1 Å². The van der Waals surface area contributed by atoms with E-state index in [1.807, 2.05) is 37.3 Å². The first-order chi connectivity index (χ1) is 14.8. The highest BCUT2D eigenvalue weighted by Crippen LogP contribution is 2.32. The molecule has 3 aromatic rings. The molecule has 0 saturated heterocycles. The lowest BCUT2D eigenvalue weighted by molar-refractivity contribution is -0.135. The van der Waals surface area contributed by atoms with Crippen LogP contribution in [0.15, 0.2) is 58.1 Å². The molecule has 0 aliphatic carbocycles. The number of carbonyl (C=O) groups excluding carboxylic acids is 1. The first kappa shape index (κ1) is 21.6. The summed E-state index contributed by atoms with van der Waals surface area (Å²) in [6, 6.07) is 13.4.